The van der Waals surface area contributed by atoms with E-state index in [4.69, 9.17) is 5.73 Å². The highest BCUT2D eigenvalue weighted by Gasteiger charge is 2.41. The largest absolute Gasteiger partial charge is 0.333 e. The highest BCUT2D eigenvalue weighted by atomic mass is 16.2. The van der Waals surface area contributed by atoms with E-state index in [1.807, 2.05) is 4.90 Å². The van der Waals surface area contributed by atoms with Crippen LogP contribution in [0.2, 0.25) is 0 Å². The number of nitrogens with one attached hydrogen (secondary N) is 1. The summed E-state index contributed by atoms with van der Waals surface area (Å²) in [5.41, 5.74) is 5.51. The van der Waals surface area contributed by atoms with Gasteiger partial charge in [0.2, 0.25) is 0 Å². The first kappa shape index (κ1) is 12.7. The molecule has 4 heteroatoms. The molecule has 1 aliphatic heterocycles. The average molecular weight is 239 g/mol. The van der Waals surface area contributed by atoms with Crippen molar-refractivity contribution in [2.75, 3.05) is 13.1 Å². The topological polar surface area (TPSA) is 58.4 Å². The molecule has 2 aliphatic rings. The third-order valence-electron chi connectivity index (χ3n) is 4.39. The summed E-state index contributed by atoms with van der Waals surface area (Å²) in [5.74, 6) is 0.692. The monoisotopic (exact) mass is 239 g/mol. The third kappa shape index (κ3) is 2.57. The zero-order chi connectivity index (χ0) is 12.5. The molecule has 0 aromatic rings. The van der Waals surface area contributed by atoms with E-state index in [-0.39, 0.29) is 11.6 Å². The Morgan fingerprint density at radius 1 is 1.41 bits per heavy atom. The van der Waals surface area contributed by atoms with Gasteiger partial charge in [0.05, 0.1) is 6.04 Å². The second-order valence-corrected chi connectivity index (χ2v) is 6.06. The zero-order valence-corrected chi connectivity index (χ0v) is 11.0. The van der Waals surface area contributed by atoms with Crippen molar-refractivity contribution in [3.63, 3.8) is 0 Å². The Morgan fingerprint density at radius 2 is 2.06 bits per heavy atom. The number of rotatable bonds is 4. The van der Waals surface area contributed by atoms with E-state index in [1.165, 1.54) is 25.7 Å². The minimum atomic E-state index is -0.119. The molecule has 1 aliphatic carbocycles. The van der Waals surface area contributed by atoms with E-state index < -0.39 is 0 Å². The van der Waals surface area contributed by atoms with Crippen LogP contribution in [-0.2, 0) is 0 Å². The van der Waals surface area contributed by atoms with Gasteiger partial charge < -0.3 is 16.0 Å². The Balaban J connectivity index is 1.99. The highest BCUT2D eigenvalue weighted by molar-refractivity contribution is 5.77. The number of hydrogen-bond donors (Lipinski definition) is 2. The molecule has 3 N–H and O–H groups in total. The molecule has 17 heavy (non-hydrogen) atoms. The van der Waals surface area contributed by atoms with Crippen molar-refractivity contribution in [3.8, 4) is 0 Å². The van der Waals surface area contributed by atoms with Crippen LogP contribution in [0.4, 0.5) is 4.79 Å². The van der Waals surface area contributed by atoms with Crippen molar-refractivity contribution >= 4 is 6.03 Å². The number of hydrogen-bond acceptors (Lipinski definition) is 2. The van der Waals surface area contributed by atoms with Gasteiger partial charge in [-0.15, -0.1) is 0 Å². The van der Waals surface area contributed by atoms with Gasteiger partial charge in [-0.25, -0.2) is 4.79 Å². The summed E-state index contributed by atoms with van der Waals surface area (Å²) in [7, 11) is 0. The van der Waals surface area contributed by atoms with Crippen molar-refractivity contribution in [2.24, 2.45) is 11.7 Å². The lowest BCUT2D eigenvalue weighted by Gasteiger charge is -2.34. The zero-order valence-electron chi connectivity index (χ0n) is 11.0. The SMILES string of the molecule is CC(C)(CCN)N1CC(C2CCCC2)NC1=O. The summed E-state index contributed by atoms with van der Waals surface area (Å²) < 4.78 is 0. The third-order valence-corrected chi connectivity index (χ3v) is 4.39. The van der Waals surface area contributed by atoms with E-state index in [9.17, 15) is 4.79 Å². The normalized spacial score (nSPS) is 26.6. The maximum Gasteiger partial charge on any atom is 0.318 e. The molecule has 1 heterocycles. The number of urea groups is 1. The molecule has 1 saturated carbocycles. The first-order chi connectivity index (χ1) is 8.04. The lowest BCUT2D eigenvalue weighted by atomic mass is 9.95. The molecule has 0 spiro atoms. The van der Waals surface area contributed by atoms with Crippen LogP contribution in [-0.4, -0.2) is 35.6 Å². The summed E-state index contributed by atoms with van der Waals surface area (Å²) in [6, 6.07) is 0.461. The van der Waals surface area contributed by atoms with Crippen molar-refractivity contribution in [1.82, 2.24) is 10.2 Å². The smallest absolute Gasteiger partial charge is 0.318 e. The summed E-state index contributed by atoms with van der Waals surface area (Å²) in [6.45, 7) is 5.70. The summed E-state index contributed by atoms with van der Waals surface area (Å²) in [6.07, 6.45) is 6.05. The molecule has 1 saturated heterocycles. The Hall–Kier alpha value is -0.770. The van der Waals surface area contributed by atoms with Gasteiger partial charge in [0.15, 0.2) is 0 Å². The van der Waals surface area contributed by atoms with Gasteiger partial charge in [-0.2, -0.15) is 0 Å². The molecule has 98 valence electrons. The van der Waals surface area contributed by atoms with Crippen LogP contribution >= 0.6 is 0 Å². The van der Waals surface area contributed by atoms with Gasteiger partial charge in [0, 0.05) is 12.1 Å². The summed E-state index contributed by atoms with van der Waals surface area (Å²) >= 11 is 0. The lowest BCUT2D eigenvalue weighted by Crippen LogP contribution is -2.47. The molecule has 2 amide bonds. The second kappa shape index (κ2) is 4.84. The lowest BCUT2D eigenvalue weighted by molar-refractivity contribution is 0.151. The quantitative estimate of drug-likeness (QED) is 0.784. The molecule has 0 aromatic heterocycles. The summed E-state index contributed by atoms with van der Waals surface area (Å²) in [5, 5.41) is 3.16. The number of carbonyl (C=O) groups is 1. The predicted molar refractivity (Wildman–Crippen MR) is 68.7 cm³/mol. The minimum absolute atomic E-state index is 0.0975. The first-order valence-electron chi connectivity index (χ1n) is 6.83. The Labute approximate surface area is 104 Å². The number of nitrogens with two attached hydrogens (primary N) is 1. The molecule has 2 fully saturated rings. The van der Waals surface area contributed by atoms with Crippen molar-refractivity contribution in [3.05, 3.63) is 0 Å². The van der Waals surface area contributed by atoms with E-state index in [2.05, 4.69) is 19.2 Å². The van der Waals surface area contributed by atoms with Crippen LogP contribution in [0.3, 0.4) is 0 Å². The predicted octanol–water partition coefficient (Wildman–Crippen LogP) is 1.70. The Morgan fingerprint density at radius 3 is 2.65 bits per heavy atom. The first-order valence-corrected chi connectivity index (χ1v) is 6.83. The molecule has 0 bridgehead atoms. The molecular weight excluding hydrogens is 214 g/mol. The van der Waals surface area contributed by atoms with Gasteiger partial charge in [0.25, 0.3) is 0 Å². The van der Waals surface area contributed by atoms with Crippen LogP contribution in [0.1, 0.15) is 46.0 Å². The fourth-order valence-corrected chi connectivity index (χ4v) is 3.20. The standard InChI is InChI=1S/C13H25N3O/c1-13(2,7-8-14)16-9-11(15-12(16)17)10-5-3-4-6-10/h10-11H,3-9,14H2,1-2H3,(H,15,17). The molecule has 1 atom stereocenters. The minimum Gasteiger partial charge on any atom is -0.333 e. The highest BCUT2D eigenvalue weighted by Crippen LogP contribution is 2.32. The maximum atomic E-state index is 12.0. The van der Waals surface area contributed by atoms with Gasteiger partial charge >= 0.3 is 6.03 Å². The Kier molecular flexibility index (Phi) is 3.61. The van der Waals surface area contributed by atoms with Gasteiger partial charge in [-0.05, 0) is 45.6 Å². The van der Waals surface area contributed by atoms with Crippen molar-refractivity contribution < 1.29 is 4.79 Å². The Bertz CT molecular complexity index is 284. The fraction of sp³-hybridized carbons (Fsp3) is 0.923. The molecular formula is C13H25N3O. The van der Waals surface area contributed by atoms with Crippen molar-refractivity contribution in [1.29, 1.82) is 0 Å². The van der Waals surface area contributed by atoms with Gasteiger partial charge in [-0.3, -0.25) is 0 Å². The van der Waals surface area contributed by atoms with Gasteiger partial charge in [-0.1, -0.05) is 12.8 Å². The maximum absolute atomic E-state index is 12.0. The number of amides is 2. The fourth-order valence-electron chi connectivity index (χ4n) is 3.20. The van der Waals surface area contributed by atoms with E-state index >= 15 is 0 Å². The van der Waals surface area contributed by atoms with E-state index in [0.717, 1.165) is 13.0 Å². The van der Waals surface area contributed by atoms with E-state index in [0.29, 0.717) is 18.5 Å². The molecule has 4 nitrogen and oxygen atoms in total. The molecule has 0 radical (unpaired) electrons. The van der Waals surface area contributed by atoms with Crippen LogP contribution in [0.15, 0.2) is 0 Å². The molecule has 2 rings (SSSR count). The van der Waals surface area contributed by atoms with Crippen LogP contribution in [0, 0.1) is 5.92 Å². The van der Waals surface area contributed by atoms with Crippen LogP contribution in [0.5, 0.6) is 0 Å². The molecule has 0 aromatic carbocycles. The second-order valence-electron chi connectivity index (χ2n) is 6.06. The average Bonchev–Trinajstić information content (AvgIpc) is 2.85. The number of carbonyl (C=O) groups excluding carboxylic acids is 1. The molecule has 1 unspecified atom stereocenters. The van der Waals surface area contributed by atoms with E-state index in [1.54, 1.807) is 0 Å². The van der Waals surface area contributed by atoms with Crippen LogP contribution in [0.25, 0.3) is 0 Å². The van der Waals surface area contributed by atoms with Crippen LogP contribution < -0.4 is 11.1 Å². The van der Waals surface area contributed by atoms with Crippen molar-refractivity contribution in [2.45, 2.75) is 57.5 Å². The number of nitrogens with zero attached hydrogens (tertiary/aromatic N) is 1. The summed E-state index contributed by atoms with van der Waals surface area (Å²) in [4.78, 5) is 14.0. The van der Waals surface area contributed by atoms with Gasteiger partial charge in [0.1, 0.15) is 0 Å².